The molecule has 0 unspecified atom stereocenters. The minimum Gasteiger partial charge on any atom is -0.381 e. The summed E-state index contributed by atoms with van der Waals surface area (Å²) in [6, 6.07) is 16.4. The van der Waals surface area contributed by atoms with Crippen LogP contribution in [0.1, 0.15) is 11.1 Å². The standard InChI is InChI=1S/C24H27N7O3/c25-23(32)13-18-16-28-24(14-22(18)27-15-17-2-1-3-21(12-17)31(33)34)29-19-4-6-20(7-5-19)30-10-8-26-9-11-30/h1-7,12,14,16,26H,8-11,13,15H2,(H2,25,32)(H2,27,28,29). The van der Waals surface area contributed by atoms with Crippen LogP contribution >= 0.6 is 0 Å². The molecule has 34 heavy (non-hydrogen) atoms. The molecule has 2 aromatic carbocycles. The molecule has 1 amide bonds. The van der Waals surface area contributed by atoms with E-state index >= 15 is 0 Å². The number of hydrogen-bond donors (Lipinski definition) is 4. The van der Waals surface area contributed by atoms with Gasteiger partial charge in [-0.15, -0.1) is 0 Å². The number of non-ortho nitro benzene ring substituents is 1. The van der Waals surface area contributed by atoms with Crippen molar-refractivity contribution < 1.29 is 9.72 Å². The summed E-state index contributed by atoms with van der Waals surface area (Å²) in [5.74, 6) is 0.133. The van der Waals surface area contributed by atoms with Crippen molar-refractivity contribution in [2.45, 2.75) is 13.0 Å². The zero-order valence-corrected chi connectivity index (χ0v) is 18.7. The number of carbonyl (C=O) groups is 1. The number of piperazine rings is 1. The Labute approximate surface area is 197 Å². The molecular weight excluding hydrogens is 434 g/mol. The van der Waals surface area contributed by atoms with E-state index in [0.717, 1.165) is 37.4 Å². The lowest BCUT2D eigenvalue weighted by molar-refractivity contribution is -0.384. The van der Waals surface area contributed by atoms with E-state index in [9.17, 15) is 14.9 Å². The summed E-state index contributed by atoms with van der Waals surface area (Å²) in [4.78, 5) is 28.9. The smallest absolute Gasteiger partial charge is 0.269 e. The fourth-order valence-electron chi connectivity index (χ4n) is 3.85. The molecule has 5 N–H and O–H groups in total. The SMILES string of the molecule is NC(=O)Cc1cnc(Nc2ccc(N3CCNCC3)cc2)cc1NCc1cccc([N+](=O)[O-])c1. The van der Waals surface area contributed by atoms with Crippen LogP contribution in [0.25, 0.3) is 0 Å². The number of carbonyl (C=O) groups excluding carboxylic acids is 1. The Hall–Kier alpha value is -4.18. The number of nitrogens with one attached hydrogen (secondary N) is 3. The van der Waals surface area contributed by atoms with Gasteiger partial charge in [-0.05, 0) is 29.8 Å². The minimum absolute atomic E-state index is 0.0259. The van der Waals surface area contributed by atoms with Crippen molar-refractivity contribution in [2.24, 2.45) is 5.73 Å². The van der Waals surface area contributed by atoms with E-state index in [2.05, 4.69) is 38.0 Å². The van der Waals surface area contributed by atoms with Crippen molar-refractivity contribution in [3.05, 3.63) is 82.0 Å². The van der Waals surface area contributed by atoms with Gasteiger partial charge in [0.25, 0.3) is 5.69 Å². The van der Waals surface area contributed by atoms with Gasteiger partial charge in [0, 0.05) is 79.7 Å². The molecular formula is C24H27N7O3. The van der Waals surface area contributed by atoms with Crippen LogP contribution in [0.15, 0.2) is 60.8 Å². The summed E-state index contributed by atoms with van der Waals surface area (Å²) < 4.78 is 0. The van der Waals surface area contributed by atoms with Gasteiger partial charge in [-0.1, -0.05) is 12.1 Å². The number of primary amides is 1. The molecule has 0 spiro atoms. The first-order valence-corrected chi connectivity index (χ1v) is 11.0. The second kappa shape index (κ2) is 10.6. The first-order valence-electron chi connectivity index (χ1n) is 11.0. The van der Waals surface area contributed by atoms with Gasteiger partial charge in [0.05, 0.1) is 11.3 Å². The predicted octanol–water partition coefficient (Wildman–Crippen LogP) is 2.78. The van der Waals surface area contributed by atoms with Crippen molar-refractivity contribution in [3.8, 4) is 0 Å². The number of nitro groups is 1. The highest BCUT2D eigenvalue weighted by atomic mass is 16.6. The maximum atomic E-state index is 11.5. The van der Waals surface area contributed by atoms with Crippen LogP contribution in [0.3, 0.4) is 0 Å². The van der Waals surface area contributed by atoms with Crippen molar-refractivity contribution in [1.29, 1.82) is 0 Å². The molecule has 3 aromatic rings. The Morgan fingerprint density at radius 3 is 2.62 bits per heavy atom. The highest BCUT2D eigenvalue weighted by molar-refractivity contribution is 5.79. The third-order valence-corrected chi connectivity index (χ3v) is 5.58. The van der Waals surface area contributed by atoms with Crippen LogP contribution in [-0.2, 0) is 17.8 Å². The Balaban J connectivity index is 1.49. The Morgan fingerprint density at radius 1 is 1.15 bits per heavy atom. The van der Waals surface area contributed by atoms with Crippen LogP contribution in [0.4, 0.5) is 28.6 Å². The molecule has 1 saturated heterocycles. The number of nitrogens with zero attached hydrogens (tertiary/aromatic N) is 3. The number of aromatic nitrogens is 1. The molecule has 4 rings (SSSR count). The van der Waals surface area contributed by atoms with Crippen molar-refractivity contribution in [2.75, 3.05) is 41.7 Å². The highest BCUT2D eigenvalue weighted by Crippen LogP contribution is 2.25. The number of amides is 1. The number of nitro benzene ring substituents is 1. The molecule has 0 aliphatic carbocycles. The fourth-order valence-corrected chi connectivity index (χ4v) is 3.85. The average Bonchev–Trinajstić information content (AvgIpc) is 2.85. The lowest BCUT2D eigenvalue weighted by Crippen LogP contribution is -2.43. The maximum Gasteiger partial charge on any atom is 0.269 e. The van der Waals surface area contributed by atoms with Gasteiger partial charge in [-0.25, -0.2) is 4.98 Å². The van der Waals surface area contributed by atoms with Crippen LogP contribution in [0.5, 0.6) is 0 Å². The summed E-state index contributed by atoms with van der Waals surface area (Å²) in [7, 11) is 0. The molecule has 0 bridgehead atoms. The van der Waals surface area contributed by atoms with Crippen molar-refractivity contribution >= 4 is 34.5 Å². The van der Waals surface area contributed by atoms with Crippen LogP contribution in [-0.4, -0.2) is 42.0 Å². The maximum absolute atomic E-state index is 11.5. The van der Waals surface area contributed by atoms with Crippen LogP contribution in [0, 0.1) is 10.1 Å². The van der Waals surface area contributed by atoms with Gasteiger partial charge < -0.3 is 26.6 Å². The Morgan fingerprint density at radius 2 is 1.91 bits per heavy atom. The average molecular weight is 462 g/mol. The third kappa shape index (κ3) is 5.99. The highest BCUT2D eigenvalue weighted by Gasteiger charge is 2.12. The molecule has 10 nitrogen and oxygen atoms in total. The Kier molecular flexibility index (Phi) is 7.19. The van der Waals surface area contributed by atoms with Crippen LogP contribution in [0.2, 0.25) is 0 Å². The monoisotopic (exact) mass is 461 g/mol. The van der Waals surface area contributed by atoms with Crippen molar-refractivity contribution in [1.82, 2.24) is 10.3 Å². The number of anilines is 4. The number of benzene rings is 2. The molecule has 0 atom stereocenters. The van der Waals surface area contributed by atoms with Gasteiger partial charge >= 0.3 is 0 Å². The van der Waals surface area contributed by atoms with Gasteiger partial charge in [-0.3, -0.25) is 14.9 Å². The van der Waals surface area contributed by atoms with Crippen LogP contribution < -0.4 is 26.6 Å². The van der Waals surface area contributed by atoms with E-state index in [-0.39, 0.29) is 12.1 Å². The quantitative estimate of drug-likeness (QED) is 0.282. The van der Waals surface area contributed by atoms with E-state index < -0.39 is 10.8 Å². The van der Waals surface area contributed by atoms with E-state index in [0.29, 0.717) is 23.6 Å². The molecule has 1 aliphatic heterocycles. The molecule has 10 heteroatoms. The topological polar surface area (TPSA) is 138 Å². The largest absolute Gasteiger partial charge is 0.381 e. The van der Waals surface area contributed by atoms with E-state index in [1.807, 2.05) is 12.1 Å². The summed E-state index contributed by atoms with van der Waals surface area (Å²) in [6.07, 6.45) is 1.64. The van der Waals surface area contributed by atoms with E-state index in [4.69, 9.17) is 5.73 Å². The Bertz CT molecular complexity index is 1160. The molecule has 0 radical (unpaired) electrons. The fraction of sp³-hybridized carbons (Fsp3) is 0.250. The van der Waals surface area contributed by atoms with E-state index in [1.54, 1.807) is 24.4 Å². The van der Waals surface area contributed by atoms with Crippen molar-refractivity contribution in [3.63, 3.8) is 0 Å². The first kappa shape index (κ1) is 23.0. The summed E-state index contributed by atoms with van der Waals surface area (Å²) >= 11 is 0. The third-order valence-electron chi connectivity index (χ3n) is 5.58. The predicted molar refractivity (Wildman–Crippen MR) is 132 cm³/mol. The molecule has 2 heterocycles. The number of hydrogen-bond acceptors (Lipinski definition) is 8. The number of nitrogens with two attached hydrogens (primary N) is 1. The summed E-state index contributed by atoms with van der Waals surface area (Å²) in [5, 5.41) is 20.9. The second-order valence-electron chi connectivity index (χ2n) is 8.06. The summed E-state index contributed by atoms with van der Waals surface area (Å²) in [6.45, 7) is 4.27. The van der Waals surface area contributed by atoms with E-state index in [1.165, 1.54) is 17.8 Å². The first-order chi connectivity index (χ1) is 16.5. The zero-order chi connectivity index (χ0) is 23.9. The molecule has 1 fully saturated rings. The molecule has 1 aliphatic rings. The normalized spacial score (nSPS) is 13.4. The van der Waals surface area contributed by atoms with Gasteiger partial charge in [0.1, 0.15) is 5.82 Å². The summed E-state index contributed by atoms with van der Waals surface area (Å²) in [5.41, 5.74) is 9.56. The number of pyridine rings is 1. The van der Waals surface area contributed by atoms with Gasteiger partial charge in [-0.2, -0.15) is 0 Å². The lowest BCUT2D eigenvalue weighted by atomic mass is 10.1. The number of rotatable bonds is 9. The molecule has 1 aromatic heterocycles. The lowest BCUT2D eigenvalue weighted by Gasteiger charge is -2.29. The van der Waals surface area contributed by atoms with Gasteiger partial charge in [0.2, 0.25) is 5.91 Å². The van der Waals surface area contributed by atoms with Gasteiger partial charge in [0.15, 0.2) is 0 Å². The zero-order valence-electron chi connectivity index (χ0n) is 18.7. The minimum atomic E-state index is -0.468. The molecule has 0 saturated carbocycles. The molecule has 176 valence electrons. The second-order valence-corrected chi connectivity index (χ2v) is 8.06.